The molecule has 0 fully saturated rings. The van der Waals surface area contributed by atoms with Gasteiger partial charge in [-0.15, -0.1) is 0 Å². The van der Waals surface area contributed by atoms with Crippen LogP contribution in [0.1, 0.15) is 18.4 Å². The summed E-state index contributed by atoms with van der Waals surface area (Å²) in [4.78, 5) is 46.4. The van der Waals surface area contributed by atoms with E-state index in [1.54, 1.807) is 6.92 Å². The molecule has 0 amide bonds. The van der Waals surface area contributed by atoms with Crippen molar-refractivity contribution in [2.45, 2.75) is 12.8 Å². The highest BCUT2D eigenvalue weighted by molar-refractivity contribution is 6.70. The van der Waals surface area contributed by atoms with E-state index >= 15 is 0 Å². The van der Waals surface area contributed by atoms with Crippen molar-refractivity contribution >= 4 is 36.9 Å². The summed E-state index contributed by atoms with van der Waals surface area (Å²) in [6.45, 7) is 1.68. The van der Waals surface area contributed by atoms with E-state index in [0.717, 1.165) is 32.5 Å². The van der Waals surface area contributed by atoms with E-state index in [0.29, 0.717) is 12.3 Å². The monoisotopic (exact) mass is 353 g/mol. The number of nitro groups is 1. The van der Waals surface area contributed by atoms with Crippen LogP contribution in [0, 0.1) is 15.9 Å². The number of halogens is 1. The van der Waals surface area contributed by atoms with Crippen LogP contribution in [0.25, 0.3) is 0 Å². The van der Waals surface area contributed by atoms with Crippen LogP contribution < -0.4 is 4.81 Å². The van der Waals surface area contributed by atoms with Crippen LogP contribution in [-0.2, 0) is 23.9 Å². The number of carbonyl (C=O) groups is 3. The number of carbonyl (C=O) groups excluding carboxylic acids is 3. The van der Waals surface area contributed by atoms with Crippen molar-refractivity contribution in [3.63, 3.8) is 0 Å². The van der Waals surface area contributed by atoms with E-state index in [9.17, 15) is 28.9 Å². The predicted molar refractivity (Wildman–Crippen MR) is 85.4 cm³/mol. The van der Waals surface area contributed by atoms with Crippen LogP contribution in [0.3, 0.4) is 0 Å². The summed E-state index contributed by atoms with van der Waals surface area (Å²) in [5.41, 5.74) is -1.52. The summed E-state index contributed by atoms with van der Waals surface area (Å²) in [5.74, 6) is -5.08. The SMILES string of the molecule is CCN([B]C=O)c1cc(F)cc(C(C(=O)OC)C(=O)OC)c1[N+](=O)[O-]. The van der Waals surface area contributed by atoms with E-state index in [2.05, 4.69) is 9.47 Å². The van der Waals surface area contributed by atoms with Crippen molar-refractivity contribution in [3.8, 4) is 0 Å². The summed E-state index contributed by atoms with van der Waals surface area (Å²) in [7, 11) is 2.92. The van der Waals surface area contributed by atoms with Crippen LogP contribution in [0.4, 0.5) is 15.8 Å². The molecule has 0 bridgehead atoms. The minimum absolute atomic E-state index is 0.101. The van der Waals surface area contributed by atoms with E-state index in [4.69, 9.17) is 0 Å². The van der Waals surface area contributed by atoms with Gasteiger partial charge in [0.1, 0.15) is 17.7 Å². The summed E-state index contributed by atoms with van der Waals surface area (Å²) in [5, 5.41) is 11.6. The quantitative estimate of drug-likeness (QED) is 0.168. The molecule has 0 spiro atoms. The van der Waals surface area contributed by atoms with Crippen molar-refractivity contribution in [1.29, 1.82) is 0 Å². The smallest absolute Gasteiger partial charge is 0.329 e. The lowest BCUT2D eigenvalue weighted by molar-refractivity contribution is -0.384. The second-order valence-electron chi connectivity index (χ2n) is 4.67. The van der Waals surface area contributed by atoms with E-state index < -0.39 is 39.8 Å². The molecular formula is C14H15BFN2O7. The predicted octanol–water partition coefficient (Wildman–Crippen LogP) is 0.799. The van der Waals surface area contributed by atoms with Gasteiger partial charge in [0.15, 0.2) is 5.92 Å². The molecule has 0 N–H and O–H groups in total. The van der Waals surface area contributed by atoms with E-state index in [1.807, 2.05) is 0 Å². The molecule has 0 aliphatic heterocycles. The topological polar surface area (TPSA) is 116 Å². The molecule has 1 aromatic carbocycles. The standard InChI is InChI=1S/C14H15BFN2O7/c1-4-17(15-7-19)10-6-8(16)5-9(12(10)18(22)23)11(13(20)24-2)14(21)25-3/h5-7,11H,4H2,1-3H3. The fourth-order valence-corrected chi connectivity index (χ4v) is 2.26. The van der Waals surface area contributed by atoms with Crippen LogP contribution >= 0.6 is 0 Å². The number of methoxy groups -OCH3 is 2. The van der Waals surface area contributed by atoms with Gasteiger partial charge in [-0.3, -0.25) is 19.7 Å². The number of nitrogens with zero attached hydrogens (tertiary/aromatic N) is 2. The Labute approximate surface area is 143 Å². The van der Waals surface area contributed by atoms with Gasteiger partial charge in [-0.2, -0.15) is 0 Å². The Morgan fingerprint density at radius 1 is 1.36 bits per heavy atom. The maximum atomic E-state index is 14.0. The number of rotatable bonds is 8. The van der Waals surface area contributed by atoms with Crippen LogP contribution in [-0.4, -0.2) is 51.2 Å². The van der Waals surface area contributed by atoms with Crippen molar-refractivity contribution in [2.75, 3.05) is 25.6 Å². The molecule has 1 radical (unpaired) electrons. The fourth-order valence-electron chi connectivity index (χ4n) is 2.26. The highest BCUT2D eigenvalue weighted by Gasteiger charge is 2.39. The fraction of sp³-hybridized carbons (Fsp3) is 0.357. The molecule has 0 heterocycles. The Balaban J connectivity index is 3.76. The molecule has 0 aliphatic carbocycles. The number of esters is 2. The minimum atomic E-state index is -1.85. The first kappa shape index (κ1) is 20.1. The summed E-state index contributed by atoms with van der Waals surface area (Å²) in [6.07, 6.45) is 0.371. The zero-order valence-electron chi connectivity index (χ0n) is 13.7. The van der Waals surface area contributed by atoms with Crippen molar-refractivity contribution in [1.82, 2.24) is 0 Å². The second kappa shape index (κ2) is 8.76. The molecule has 0 atom stereocenters. The van der Waals surface area contributed by atoms with Gasteiger partial charge in [0.25, 0.3) is 5.69 Å². The average molecular weight is 353 g/mol. The molecule has 0 saturated heterocycles. The Morgan fingerprint density at radius 2 is 1.92 bits per heavy atom. The van der Waals surface area contributed by atoms with Crippen molar-refractivity contribution in [2.24, 2.45) is 0 Å². The Morgan fingerprint density at radius 3 is 2.32 bits per heavy atom. The number of anilines is 1. The molecule has 0 aromatic heterocycles. The second-order valence-corrected chi connectivity index (χ2v) is 4.67. The van der Waals surface area contributed by atoms with Gasteiger partial charge in [-0.1, -0.05) is 0 Å². The lowest BCUT2D eigenvalue weighted by Crippen LogP contribution is -2.31. The molecule has 9 nitrogen and oxygen atoms in total. The average Bonchev–Trinajstić information content (AvgIpc) is 2.58. The third-order valence-electron chi connectivity index (χ3n) is 3.34. The summed E-state index contributed by atoms with van der Waals surface area (Å²) < 4.78 is 23.0. The normalized spacial score (nSPS) is 10.1. The maximum absolute atomic E-state index is 14.0. The van der Waals surface area contributed by atoms with Gasteiger partial charge in [0.05, 0.1) is 24.7 Å². The number of hydrogen-bond acceptors (Lipinski definition) is 8. The Kier molecular flexibility index (Phi) is 7.03. The zero-order chi connectivity index (χ0) is 19.1. The van der Waals surface area contributed by atoms with Gasteiger partial charge in [-0.05, 0) is 13.0 Å². The lowest BCUT2D eigenvalue weighted by Gasteiger charge is -2.22. The maximum Gasteiger partial charge on any atom is 0.329 e. The first-order valence-electron chi connectivity index (χ1n) is 7.01. The summed E-state index contributed by atoms with van der Waals surface area (Å²) >= 11 is 0. The first-order valence-corrected chi connectivity index (χ1v) is 7.01. The molecule has 1 rings (SSSR count). The van der Waals surface area contributed by atoms with Crippen molar-refractivity contribution < 1.29 is 33.2 Å². The lowest BCUT2D eigenvalue weighted by atomic mass is 9.90. The van der Waals surface area contributed by atoms with Gasteiger partial charge in [0, 0.05) is 12.6 Å². The van der Waals surface area contributed by atoms with Crippen LogP contribution in [0.2, 0.25) is 0 Å². The van der Waals surface area contributed by atoms with E-state index in [-0.39, 0.29) is 12.2 Å². The van der Waals surface area contributed by atoms with Gasteiger partial charge in [-0.25, -0.2) is 4.39 Å². The van der Waals surface area contributed by atoms with Gasteiger partial charge >= 0.3 is 19.4 Å². The Hall–Kier alpha value is -2.98. The van der Waals surface area contributed by atoms with Gasteiger partial charge < -0.3 is 19.1 Å². The molecule has 0 saturated carbocycles. The molecule has 0 unspecified atom stereocenters. The number of nitro benzene ring substituents is 1. The van der Waals surface area contributed by atoms with E-state index in [1.165, 1.54) is 0 Å². The highest BCUT2D eigenvalue weighted by atomic mass is 19.1. The molecule has 25 heavy (non-hydrogen) atoms. The largest absolute Gasteiger partial charge is 0.468 e. The number of hydrogen-bond donors (Lipinski definition) is 0. The highest BCUT2D eigenvalue weighted by Crippen LogP contribution is 2.37. The Bertz CT molecular complexity index is 682. The third-order valence-corrected chi connectivity index (χ3v) is 3.34. The van der Waals surface area contributed by atoms with Crippen molar-refractivity contribution in [3.05, 3.63) is 33.6 Å². The molecule has 133 valence electrons. The first-order chi connectivity index (χ1) is 11.8. The van der Waals surface area contributed by atoms with Gasteiger partial charge in [0.2, 0.25) is 0 Å². The summed E-state index contributed by atoms with van der Waals surface area (Å²) in [6, 6.07) is 1.52. The minimum Gasteiger partial charge on any atom is -0.468 e. The van der Waals surface area contributed by atoms with Crippen LogP contribution in [0.15, 0.2) is 12.1 Å². The zero-order valence-corrected chi connectivity index (χ0v) is 13.7. The number of benzene rings is 1. The third kappa shape index (κ3) is 4.31. The molecule has 0 aliphatic rings. The molecule has 11 heteroatoms. The van der Waals surface area contributed by atoms with Crippen LogP contribution in [0.5, 0.6) is 0 Å². The molecule has 1 aromatic rings. The number of ether oxygens (including phenoxy) is 2. The molecular weight excluding hydrogens is 338 g/mol.